The third-order valence-corrected chi connectivity index (χ3v) is 2.65. The van der Waals surface area contributed by atoms with Gasteiger partial charge in [-0.25, -0.2) is 4.79 Å². The molecule has 82 valence electrons. The molecule has 0 aliphatic carbocycles. The fraction of sp³-hybridized carbons (Fsp3) is 0.417. The second-order valence-corrected chi connectivity index (χ2v) is 3.98. The fourth-order valence-electron chi connectivity index (χ4n) is 1.25. The van der Waals surface area contributed by atoms with Crippen molar-refractivity contribution < 1.29 is 9.90 Å². The summed E-state index contributed by atoms with van der Waals surface area (Å²) in [5.41, 5.74) is 1.11. The average Bonchev–Trinajstić information content (AvgIpc) is 2.21. The van der Waals surface area contributed by atoms with Gasteiger partial charge in [-0.05, 0) is 32.4 Å². The minimum absolute atomic E-state index is 0.538. The Bertz CT molecular complexity index is 345. The molecule has 3 heteroatoms. The molecule has 0 aromatic heterocycles. The Hall–Kier alpha value is -1.51. The number of hydrogen-bond acceptors (Lipinski definition) is 2. The smallest absolute Gasteiger partial charge is 0.329 e. The number of carbonyl (C=O) groups is 1. The molecule has 0 fully saturated rings. The van der Waals surface area contributed by atoms with Crippen molar-refractivity contribution in [3.8, 4) is 0 Å². The summed E-state index contributed by atoms with van der Waals surface area (Å²) in [6.45, 7) is 5.55. The molecule has 15 heavy (non-hydrogen) atoms. The number of aliphatic carboxylic acids is 1. The van der Waals surface area contributed by atoms with Crippen LogP contribution in [0.3, 0.4) is 0 Å². The van der Waals surface area contributed by atoms with E-state index in [1.165, 1.54) is 0 Å². The summed E-state index contributed by atoms with van der Waals surface area (Å²) < 4.78 is 0. The lowest BCUT2D eigenvalue weighted by molar-refractivity contribution is -0.141. The normalized spacial score (nSPS) is 14.3. The predicted octanol–water partition coefficient (Wildman–Crippen LogP) is 2.66. The van der Waals surface area contributed by atoms with Crippen LogP contribution in [0, 0.1) is 6.92 Å². The van der Waals surface area contributed by atoms with Crippen LogP contribution in [0.25, 0.3) is 0 Å². The number of benzene rings is 1. The van der Waals surface area contributed by atoms with E-state index in [0.29, 0.717) is 6.42 Å². The van der Waals surface area contributed by atoms with Gasteiger partial charge in [0.25, 0.3) is 0 Å². The summed E-state index contributed by atoms with van der Waals surface area (Å²) in [5, 5.41) is 12.1. The third kappa shape index (κ3) is 2.72. The molecular formula is C12H17NO2. The Labute approximate surface area is 90.1 Å². The monoisotopic (exact) mass is 207 g/mol. The van der Waals surface area contributed by atoms with Crippen molar-refractivity contribution in [3.63, 3.8) is 0 Å². The van der Waals surface area contributed by atoms with E-state index in [4.69, 9.17) is 5.11 Å². The maximum Gasteiger partial charge on any atom is 0.329 e. The summed E-state index contributed by atoms with van der Waals surface area (Å²) in [5.74, 6) is -0.828. The van der Waals surface area contributed by atoms with Crippen LogP contribution in [0.1, 0.15) is 25.8 Å². The number of hydrogen-bond donors (Lipinski definition) is 2. The highest BCUT2D eigenvalue weighted by Crippen LogP contribution is 2.19. The molecule has 2 N–H and O–H groups in total. The van der Waals surface area contributed by atoms with Crippen LogP contribution < -0.4 is 5.32 Å². The molecule has 1 aromatic rings. The highest BCUT2D eigenvalue weighted by atomic mass is 16.4. The Morgan fingerprint density at radius 1 is 1.40 bits per heavy atom. The lowest BCUT2D eigenvalue weighted by Crippen LogP contribution is -2.42. The van der Waals surface area contributed by atoms with Gasteiger partial charge in [-0.15, -0.1) is 0 Å². The number of carboxylic acids is 1. The fourth-order valence-corrected chi connectivity index (χ4v) is 1.25. The Morgan fingerprint density at radius 2 is 1.93 bits per heavy atom. The van der Waals surface area contributed by atoms with Gasteiger partial charge >= 0.3 is 5.97 Å². The average molecular weight is 207 g/mol. The van der Waals surface area contributed by atoms with Gasteiger partial charge in [0, 0.05) is 5.69 Å². The molecule has 0 amide bonds. The standard InChI is InChI=1S/C12H17NO2/c1-4-12(3,11(14)15)13-10-7-5-9(2)6-8-10/h5-8,13H,4H2,1-3H3,(H,14,15). The summed E-state index contributed by atoms with van der Waals surface area (Å²) in [6, 6.07) is 7.71. The van der Waals surface area contributed by atoms with E-state index in [1.807, 2.05) is 38.1 Å². The minimum Gasteiger partial charge on any atom is -0.480 e. The Morgan fingerprint density at radius 3 is 2.33 bits per heavy atom. The van der Waals surface area contributed by atoms with Crippen LogP contribution in [0.2, 0.25) is 0 Å². The van der Waals surface area contributed by atoms with Crippen molar-refractivity contribution in [1.82, 2.24) is 0 Å². The lowest BCUT2D eigenvalue weighted by Gasteiger charge is -2.25. The van der Waals surface area contributed by atoms with Gasteiger partial charge in [0.05, 0.1) is 0 Å². The summed E-state index contributed by atoms with van der Waals surface area (Å²) in [7, 11) is 0. The van der Waals surface area contributed by atoms with Crippen LogP contribution >= 0.6 is 0 Å². The molecule has 0 aliphatic heterocycles. The molecule has 1 rings (SSSR count). The van der Waals surface area contributed by atoms with Crippen molar-refractivity contribution >= 4 is 11.7 Å². The molecule has 1 atom stereocenters. The topological polar surface area (TPSA) is 49.3 Å². The van der Waals surface area contributed by atoms with E-state index >= 15 is 0 Å². The van der Waals surface area contributed by atoms with Crippen LogP contribution in [0.15, 0.2) is 24.3 Å². The molecule has 0 bridgehead atoms. The summed E-state index contributed by atoms with van der Waals surface area (Å²) in [6.07, 6.45) is 0.538. The number of aryl methyl sites for hydroxylation is 1. The van der Waals surface area contributed by atoms with Crippen LogP contribution in [0.5, 0.6) is 0 Å². The zero-order valence-electron chi connectivity index (χ0n) is 9.37. The Balaban J connectivity index is 2.84. The molecule has 0 spiro atoms. The van der Waals surface area contributed by atoms with E-state index < -0.39 is 11.5 Å². The quantitative estimate of drug-likeness (QED) is 0.798. The number of rotatable bonds is 4. The van der Waals surface area contributed by atoms with Crippen molar-refractivity contribution in [2.24, 2.45) is 0 Å². The van der Waals surface area contributed by atoms with Crippen LogP contribution in [-0.2, 0) is 4.79 Å². The Kier molecular flexibility index (Phi) is 3.35. The van der Waals surface area contributed by atoms with Crippen molar-refractivity contribution in [3.05, 3.63) is 29.8 Å². The van der Waals surface area contributed by atoms with Gasteiger partial charge in [-0.3, -0.25) is 0 Å². The van der Waals surface area contributed by atoms with Gasteiger partial charge in [0.1, 0.15) is 5.54 Å². The largest absolute Gasteiger partial charge is 0.480 e. The number of anilines is 1. The van der Waals surface area contributed by atoms with E-state index in [0.717, 1.165) is 11.3 Å². The second kappa shape index (κ2) is 4.34. The lowest BCUT2D eigenvalue weighted by atomic mass is 9.98. The molecular weight excluding hydrogens is 190 g/mol. The van der Waals surface area contributed by atoms with E-state index in [-0.39, 0.29) is 0 Å². The van der Waals surface area contributed by atoms with Crippen molar-refractivity contribution in [1.29, 1.82) is 0 Å². The zero-order valence-corrected chi connectivity index (χ0v) is 9.37. The second-order valence-electron chi connectivity index (χ2n) is 3.98. The highest BCUT2D eigenvalue weighted by Gasteiger charge is 2.30. The van der Waals surface area contributed by atoms with Gasteiger partial charge in [0.15, 0.2) is 0 Å². The van der Waals surface area contributed by atoms with Crippen molar-refractivity contribution in [2.45, 2.75) is 32.7 Å². The van der Waals surface area contributed by atoms with E-state index in [9.17, 15) is 4.79 Å². The summed E-state index contributed by atoms with van der Waals surface area (Å²) in [4.78, 5) is 11.1. The molecule has 0 aliphatic rings. The van der Waals surface area contributed by atoms with Crippen LogP contribution in [-0.4, -0.2) is 16.6 Å². The van der Waals surface area contributed by atoms with Gasteiger partial charge in [-0.1, -0.05) is 24.6 Å². The molecule has 1 aromatic carbocycles. The van der Waals surface area contributed by atoms with Gasteiger partial charge in [-0.2, -0.15) is 0 Å². The SMILES string of the molecule is CCC(C)(Nc1ccc(C)cc1)C(=O)O. The maximum atomic E-state index is 11.1. The molecule has 1 unspecified atom stereocenters. The number of carboxylic acid groups (broad SMARTS) is 1. The van der Waals surface area contributed by atoms with E-state index in [1.54, 1.807) is 6.92 Å². The third-order valence-electron chi connectivity index (χ3n) is 2.65. The molecule has 3 nitrogen and oxygen atoms in total. The molecule has 0 heterocycles. The predicted molar refractivity (Wildman–Crippen MR) is 61.1 cm³/mol. The minimum atomic E-state index is -0.894. The first kappa shape index (κ1) is 11.6. The molecule has 0 radical (unpaired) electrons. The first-order valence-corrected chi connectivity index (χ1v) is 5.06. The molecule has 0 saturated heterocycles. The molecule has 0 saturated carbocycles. The van der Waals surface area contributed by atoms with Crippen molar-refractivity contribution in [2.75, 3.05) is 5.32 Å². The van der Waals surface area contributed by atoms with Crippen LogP contribution in [0.4, 0.5) is 5.69 Å². The number of nitrogens with one attached hydrogen (secondary N) is 1. The zero-order chi connectivity index (χ0) is 11.5. The first-order chi connectivity index (χ1) is 6.98. The highest BCUT2D eigenvalue weighted by molar-refractivity contribution is 5.82. The maximum absolute atomic E-state index is 11.1. The summed E-state index contributed by atoms with van der Waals surface area (Å²) >= 11 is 0. The van der Waals surface area contributed by atoms with E-state index in [2.05, 4.69) is 5.32 Å². The van der Waals surface area contributed by atoms with Gasteiger partial charge < -0.3 is 10.4 Å². The first-order valence-electron chi connectivity index (χ1n) is 5.06. The van der Waals surface area contributed by atoms with Gasteiger partial charge in [0.2, 0.25) is 0 Å².